The number of esters is 1. The molecule has 3 aromatic rings. The van der Waals surface area contributed by atoms with Crippen LogP contribution in [-0.4, -0.2) is 18.5 Å². The number of carbonyl (C=O) groups is 2. The van der Waals surface area contributed by atoms with Crippen molar-refractivity contribution in [1.29, 1.82) is 0 Å². The minimum Gasteiger partial charge on any atom is -0.455 e. The molecule has 1 aliphatic rings. The summed E-state index contributed by atoms with van der Waals surface area (Å²) in [6.45, 7) is -0.272. The molecule has 0 saturated heterocycles. The highest BCUT2D eigenvalue weighted by Gasteiger charge is 2.52. The highest BCUT2D eigenvalue weighted by molar-refractivity contribution is 5.89. The van der Waals surface area contributed by atoms with E-state index < -0.39 is 5.41 Å². The first-order valence-corrected chi connectivity index (χ1v) is 10.3. The third-order valence-corrected chi connectivity index (χ3v) is 5.62. The molecule has 1 aliphatic carbocycles. The molecule has 0 bridgehead atoms. The molecule has 1 fully saturated rings. The molecular weight excluding hydrogens is 374 g/mol. The Morgan fingerprint density at radius 2 is 1.40 bits per heavy atom. The molecule has 0 aromatic heterocycles. The zero-order chi connectivity index (χ0) is 20.8. The quantitative estimate of drug-likeness (QED) is 0.573. The van der Waals surface area contributed by atoms with Crippen molar-refractivity contribution < 1.29 is 14.3 Å². The molecule has 0 spiro atoms. The van der Waals surface area contributed by atoms with Crippen LogP contribution >= 0.6 is 0 Å². The number of hydrogen-bond acceptors (Lipinski definition) is 3. The fourth-order valence-electron chi connectivity index (χ4n) is 3.79. The van der Waals surface area contributed by atoms with Crippen LogP contribution in [0.15, 0.2) is 91.0 Å². The molecule has 0 unspecified atom stereocenters. The fraction of sp³-hybridized carbons (Fsp3) is 0.231. The lowest BCUT2D eigenvalue weighted by Gasteiger charge is -2.20. The summed E-state index contributed by atoms with van der Waals surface area (Å²) in [5.74, 6) is -0.611. The Balaban J connectivity index is 1.39. The fourth-order valence-corrected chi connectivity index (χ4v) is 3.79. The Kier molecular flexibility index (Phi) is 5.94. The molecule has 1 atom stereocenters. The van der Waals surface area contributed by atoms with Gasteiger partial charge in [0.15, 0.2) is 6.61 Å². The van der Waals surface area contributed by atoms with Gasteiger partial charge in [0, 0.05) is 0 Å². The molecule has 30 heavy (non-hydrogen) atoms. The number of ether oxygens (including phenoxy) is 1. The molecule has 152 valence electrons. The van der Waals surface area contributed by atoms with Crippen LogP contribution in [0.5, 0.6) is 0 Å². The van der Waals surface area contributed by atoms with Gasteiger partial charge in [0.05, 0.1) is 11.5 Å². The maximum absolute atomic E-state index is 12.7. The lowest BCUT2D eigenvalue weighted by molar-refractivity contribution is -0.151. The number of rotatable bonds is 8. The summed E-state index contributed by atoms with van der Waals surface area (Å²) in [7, 11) is 0. The molecule has 4 heteroatoms. The van der Waals surface area contributed by atoms with Gasteiger partial charge in [0.25, 0.3) is 5.91 Å². The van der Waals surface area contributed by atoms with Gasteiger partial charge in [-0.2, -0.15) is 0 Å². The first kappa shape index (κ1) is 19.9. The van der Waals surface area contributed by atoms with E-state index in [4.69, 9.17) is 4.74 Å². The summed E-state index contributed by atoms with van der Waals surface area (Å²) in [5.41, 5.74) is 2.53. The van der Waals surface area contributed by atoms with E-state index in [1.807, 2.05) is 91.0 Å². The largest absolute Gasteiger partial charge is 0.455 e. The van der Waals surface area contributed by atoms with Gasteiger partial charge in [-0.25, -0.2) is 0 Å². The van der Waals surface area contributed by atoms with E-state index in [9.17, 15) is 9.59 Å². The van der Waals surface area contributed by atoms with E-state index in [1.54, 1.807) is 0 Å². The predicted molar refractivity (Wildman–Crippen MR) is 116 cm³/mol. The summed E-state index contributed by atoms with van der Waals surface area (Å²) < 4.78 is 5.42. The molecule has 0 radical (unpaired) electrons. The van der Waals surface area contributed by atoms with Crippen LogP contribution in [0.25, 0.3) is 0 Å². The highest BCUT2D eigenvalue weighted by Crippen LogP contribution is 2.49. The molecular formula is C26H25NO3. The second-order valence-electron chi connectivity index (χ2n) is 7.74. The second-order valence-corrected chi connectivity index (χ2v) is 7.74. The van der Waals surface area contributed by atoms with Crippen molar-refractivity contribution in [1.82, 2.24) is 5.32 Å². The Morgan fingerprint density at radius 3 is 2.00 bits per heavy atom. The van der Waals surface area contributed by atoms with Crippen LogP contribution in [-0.2, 0) is 26.2 Å². The Labute approximate surface area is 176 Å². The summed E-state index contributed by atoms with van der Waals surface area (Å²) in [5, 5.41) is 3.03. The van der Waals surface area contributed by atoms with Crippen LogP contribution in [0.4, 0.5) is 0 Å². The smallest absolute Gasteiger partial charge is 0.317 e. The van der Waals surface area contributed by atoms with E-state index in [-0.39, 0.29) is 24.5 Å². The summed E-state index contributed by atoms with van der Waals surface area (Å²) in [6, 6.07) is 29.3. The standard InChI is InChI=1S/C26H25NO3/c28-24(19-30-25(29)26(16-17-26)22-14-8-3-9-15-22)27-23(21-12-6-2-7-13-21)18-20-10-4-1-5-11-20/h1-15,23H,16-19H2,(H,27,28)/t23-/m1/s1. The summed E-state index contributed by atoms with van der Waals surface area (Å²) >= 11 is 0. The van der Waals surface area contributed by atoms with Gasteiger partial charge in [-0.3, -0.25) is 9.59 Å². The van der Waals surface area contributed by atoms with Crippen LogP contribution in [0.3, 0.4) is 0 Å². The zero-order valence-corrected chi connectivity index (χ0v) is 16.8. The minimum absolute atomic E-state index is 0.191. The topological polar surface area (TPSA) is 55.4 Å². The zero-order valence-electron chi connectivity index (χ0n) is 16.8. The normalized spacial score (nSPS) is 15.1. The summed E-state index contributed by atoms with van der Waals surface area (Å²) in [6.07, 6.45) is 2.19. The lowest BCUT2D eigenvalue weighted by atomic mass is 9.96. The molecule has 1 N–H and O–H groups in total. The Bertz CT molecular complexity index is 983. The number of hydrogen-bond donors (Lipinski definition) is 1. The third kappa shape index (κ3) is 4.60. The Hall–Kier alpha value is -3.40. The van der Waals surface area contributed by atoms with Crippen molar-refractivity contribution in [2.45, 2.75) is 30.7 Å². The predicted octanol–water partition coefficient (Wildman–Crippen LogP) is 4.36. The van der Waals surface area contributed by atoms with Gasteiger partial charge < -0.3 is 10.1 Å². The van der Waals surface area contributed by atoms with Crippen LogP contribution in [0, 0.1) is 0 Å². The monoisotopic (exact) mass is 399 g/mol. The molecule has 4 nitrogen and oxygen atoms in total. The van der Waals surface area contributed by atoms with E-state index in [2.05, 4.69) is 5.32 Å². The van der Waals surface area contributed by atoms with Gasteiger partial charge in [0.2, 0.25) is 0 Å². The van der Waals surface area contributed by atoms with E-state index in [0.717, 1.165) is 29.5 Å². The summed E-state index contributed by atoms with van der Waals surface area (Å²) in [4.78, 5) is 25.3. The van der Waals surface area contributed by atoms with Crippen LogP contribution in [0.2, 0.25) is 0 Å². The molecule has 3 aromatic carbocycles. The van der Waals surface area contributed by atoms with Crippen molar-refractivity contribution in [3.8, 4) is 0 Å². The van der Waals surface area contributed by atoms with E-state index in [0.29, 0.717) is 6.42 Å². The van der Waals surface area contributed by atoms with Gasteiger partial charge >= 0.3 is 5.97 Å². The first-order chi connectivity index (χ1) is 14.7. The Morgan fingerprint density at radius 1 is 0.833 bits per heavy atom. The van der Waals surface area contributed by atoms with E-state index in [1.165, 1.54) is 0 Å². The number of amides is 1. The van der Waals surface area contributed by atoms with Crippen LogP contribution < -0.4 is 5.32 Å². The van der Waals surface area contributed by atoms with Gasteiger partial charge in [-0.05, 0) is 36.0 Å². The maximum Gasteiger partial charge on any atom is 0.317 e. The van der Waals surface area contributed by atoms with Crippen LogP contribution in [0.1, 0.15) is 35.6 Å². The molecule has 0 heterocycles. The van der Waals surface area contributed by atoms with E-state index >= 15 is 0 Å². The average molecular weight is 399 g/mol. The minimum atomic E-state index is -0.579. The number of nitrogens with one attached hydrogen (secondary N) is 1. The van der Waals surface area contributed by atoms with Crippen molar-refractivity contribution >= 4 is 11.9 Å². The van der Waals surface area contributed by atoms with Crippen molar-refractivity contribution in [3.05, 3.63) is 108 Å². The van der Waals surface area contributed by atoms with Gasteiger partial charge in [0.1, 0.15) is 0 Å². The molecule has 0 aliphatic heterocycles. The number of benzene rings is 3. The SMILES string of the molecule is O=C(COC(=O)C1(c2ccccc2)CC1)N[C@H](Cc1ccccc1)c1ccccc1. The average Bonchev–Trinajstić information content (AvgIpc) is 3.61. The van der Waals surface area contributed by atoms with Crippen molar-refractivity contribution in [2.75, 3.05) is 6.61 Å². The van der Waals surface area contributed by atoms with Crippen molar-refractivity contribution in [3.63, 3.8) is 0 Å². The number of carbonyl (C=O) groups excluding carboxylic acids is 2. The van der Waals surface area contributed by atoms with Gasteiger partial charge in [-0.1, -0.05) is 91.0 Å². The highest BCUT2D eigenvalue weighted by atomic mass is 16.5. The maximum atomic E-state index is 12.7. The van der Waals surface area contributed by atoms with Gasteiger partial charge in [-0.15, -0.1) is 0 Å². The third-order valence-electron chi connectivity index (χ3n) is 5.62. The molecule has 1 saturated carbocycles. The van der Waals surface area contributed by atoms with Crippen molar-refractivity contribution in [2.24, 2.45) is 0 Å². The lowest BCUT2D eigenvalue weighted by Crippen LogP contribution is -2.35. The molecule has 4 rings (SSSR count). The first-order valence-electron chi connectivity index (χ1n) is 10.3. The second kappa shape index (κ2) is 8.95. The molecule has 1 amide bonds.